The molecule has 3 aromatic rings. The summed E-state index contributed by atoms with van der Waals surface area (Å²) in [6.45, 7) is 3.62. The summed E-state index contributed by atoms with van der Waals surface area (Å²) in [6, 6.07) is 5.45. The molecule has 0 radical (unpaired) electrons. The molecule has 2 amide bonds. The van der Waals surface area contributed by atoms with E-state index in [0.717, 1.165) is 11.4 Å². The van der Waals surface area contributed by atoms with Gasteiger partial charge < -0.3 is 15.0 Å². The number of ether oxygens (including phenoxy) is 1. The van der Waals surface area contributed by atoms with Crippen molar-refractivity contribution in [3.63, 3.8) is 0 Å². The third kappa shape index (κ3) is 3.95. The molecule has 1 fully saturated rings. The minimum absolute atomic E-state index is 0.145. The minimum atomic E-state index is -0.318. The van der Waals surface area contributed by atoms with Crippen molar-refractivity contribution in [2.75, 3.05) is 19.7 Å². The lowest BCUT2D eigenvalue weighted by molar-refractivity contribution is -0.0198. The average molecular weight is 368 g/mol. The SMILES string of the molecule is Cc1nc(C2CN(C(=O)NCc3ccnc(-n4cccn4)c3)CCO2)n[nH]1. The van der Waals surface area contributed by atoms with Crippen LogP contribution in [-0.4, -0.2) is 60.6 Å². The van der Waals surface area contributed by atoms with Gasteiger partial charge in [0, 0.05) is 31.7 Å². The van der Waals surface area contributed by atoms with Crippen molar-refractivity contribution < 1.29 is 9.53 Å². The van der Waals surface area contributed by atoms with Crippen LogP contribution in [-0.2, 0) is 11.3 Å². The smallest absolute Gasteiger partial charge is 0.317 e. The van der Waals surface area contributed by atoms with E-state index in [1.165, 1.54) is 0 Å². The molecule has 10 nitrogen and oxygen atoms in total. The normalized spacial score (nSPS) is 17.1. The highest BCUT2D eigenvalue weighted by Crippen LogP contribution is 2.19. The molecule has 140 valence electrons. The molecule has 1 atom stereocenters. The fourth-order valence-electron chi connectivity index (χ4n) is 2.88. The van der Waals surface area contributed by atoms with Crippen molar-refractivity contribution >= 4 is 6.03 Å². The maximum Gasteiger partial charge on any atom is 0.317 e. The maximum atomic E-state index is 12.5. The zero-order chi connectivity index (χ0) is 18.6. The van der Waals surface area contributed by atoms with E-state index in [1.54, 1.807) is 22.0 Å². The number of morpholine rings is 1. The first-order valence-corrected chi connectivity index (χ1v) is 8.67. The van der Waals surface area contributed by atoms with E-state index in [-0.39, 0.29) is 12.1 Å². The third-order valence-electron chi connectivity index (χ3n) is 4.25. The Balaban J connectivity index is 1.36. The highest BCUT2D eigenvalue weighted by Gasteiger charge is 2.27. The number of amides is 2. The number of aromatic nitrogens is 6. The molecule has 1 unspecified atom stereocenters. The zero-order valence-electron chi connectivity index (χ0n) is 14.9. The van der Waals surface area contributed by atoms with Gasteiger partial charge in [0.05, 0.1) is 13.2 Å². The fraction of sp³-hybridized carbons (Fsp3) is 0.353. The van der Waals surface area contributed by atoms with Crippen LogP contribution >= 0.6 is 0 Å². The average Bonchev–Trinajstić information content (AvgIpc) is 3.38. The highest BCUT2D eigenvalue weighted by molar-refractivity contribution is 5.74. The highest BCUT2D eigenvalue weighted by atomic mass is 16.5. The zero-order valence-corrected chi connectivity index (χ0v) is 14.9. The molecule has 27 heavy (non-hydrogen) atoms. The lowest BCUT2D eigenvalue weighted by atomic mass is 10.2. The standard InChI is InChI=1S/C17H20N8O2/c1-12-21-16(23-22-12)14-11-24(7-8-27-14)17(26)19-10-13-3-5-18-15(9-13)25-6-2-4-20-25/h2-6,9,14H,7-8,10-11H2,1H3,(H,19,26)(H,21,22,23). The Labute approximate surface area is 155 Å². The predicted molar refractivity (Wildman–Crippen MR) is 95.0 cm³/mol. The van der Waals surface area contributed by atoms with Crippen molar-refractivity contribution in [1.29, 1.82) is 0 Å². The Hall–Kier alpha value is -3.27. The van der Waals surface area contributed by atoms with Gasteiger partial charge >= 0.3 is 6.03 Å². The molecule has 0 spiro atoms. The van der Waals surface area contributed by atoms with Crippen molar-refractivity contribution in [3.05, 3.63) is 54.0 Å². The predicted octanol–water partition coefficient (Wildman–Crippen LogP) is 0.977. The summed E-state index contributed by atoms with van der Waals surface area (Å²) >= 11 is 0. The van der Waals surface area contributed by atoms with Gasteiger partial charge in [-0.15, -0.1) is 0 Å². The van der Waals surface area contributed by atoms with Gasteiger partial charge in [0.25, 0.3) is 0 Å². The molecule has 2 N–H and O–H groups in total. The number of hydrogen-bond acceptors (Lipinski definition) is 6. The van der Waals surface area contributed by atoms with Crippen molar-refractivity contribution in [2.45, 2.75) is 19.6 Å². The summed E-state index contributed by atoms with van der Waals surface area (Å²) in [5.41, 5.74) is 0.943. The number of pyridine rings is 1. The molecule has 0 bridgehead atoms. The van der Waals surface area contributed by atoms with Crippen LogP contribution < -0.4 is 5.32 Å². The van der Waals surface area contributed by atoms with E-state index in [1.807, 2.05) is 31.3 Å². The Morgan fingerprint density at radius 1 is 1.44 bits per heavy atom. The number of hydrogen-bond donors (Lipinski definition) is 2. The van der Waals surface area contributed by atoms with Crippen LogP contribution in [0.4, 0.5) is 4.79 Å². The number of carbonyl (C=O) groups excluding carboxylic acids is 1. The minimum Gasteiger partial charge on any atom is -0.366 e. The molecule has 10 heteroatoms. The topological polar surface area (TPSA) is 114 Å². The van der Waals surface area contributed by atoms with Crippen molar-refractivity contribution in [1.82, 2.24) is 40.2 Å². The van der Waals surface area contributed by atoms with Gasteiger partial charge in [0.15, 0.2) is 11.6 Å². The van der Waals surface area contributed by atoms with Crippen LogP contribution in [0.5, 0.6) is 0 Å². The van der Waals surface area contributed by atoms with Gasteiger partial charge in [-0.25, -0.2) is 19.4 Å². The Kier molecular flexibility index (Phi) is 4.79. The molecule has 3 aromatic heterocycles. The number of nitrogens with zero attached hydrogens (tertiary/aromatic N) is 6. The van der Waals surface area contributed by atoms with Gasteiger partial charge in [0.1, 0.15) is 11.9 Å². The van der Waals surface area contributed by atoms with E-state index in [4.69, 9.17) is 4.74 Å². The van der Waals surface area contributed by atoms with Crippen LogP contribution in [0.2, 0.25) is 0 Å². The summed E-state index contributed by atoms with van der Waals surface area (Å²) in [4.78, 5) is 22.8. The first-order chi connectivity index (χ1) is 13.2. The number of aromatic amines is 1. The summed E-state index contributed by atoms with van der Waals surface area (Å²) in [7, 11) is 0. The summed E-state index contributed by atoms with van der Waals surface area (Å²) in [5, 5.41) is 14.0. The number of rotatable bonds is 4. The van der Waals surface area contributed by atoms with E-state index < -0.39 is 0 Å². The first-order valence-electron chi connectivity index (χ1n) is 8.67. The monoisotopic (exact) mass is 368 g/mol. The Morgan fingerprint density at radius 2 is 2.37 bits per heavy atom. The lowest BCUT2D eigenvalue weighted by Gasteiger charge is -2.31. The fourth-order valence-corrected chi connectivity index (χ4v) is 2.88. The second-order valence-corrected chi connectivity index (χ2v) is 6.22. The number of nitrogens with one attached hydrogen (secondary N) is 2. The molecule has 1 aliphatic heterocycles. The summed E-state index contributed by atoms with van der Waals surface area (Å²) < 4.78 is 7.37. The van der Waals surface area contributed by atoms with Gasteiger partial charge in [-0.2, -0.15) is 10.2 Å². The van der Waals surface area contributed by atoms with Crippen LogP contribution in [0, 0.1) is 6.92 Å². The Morgan fingerprint density at radius 3 is 3.15 bits per heavy atom. The molecule has 4 heterocycles. The molecule has 0 saturated carbocycles. The van der Waals surface area contributed by atoms with Crippen LogP contribution in [0.1, 0.15) is 23.3 Å². The molecule has 0 aromatic carbocycles. The van der Waals surface area contributed by atoms with E-state index in [9.17, 15) is 4.79 Å². The van der Waals surface area contributed by atoms with Crippen LogP contribution in [0.3, 0.4) is 0 Å². The molecular formula is C17H20N8O2. The molecule has 1 saturated heterocycles. The van der Waals surface area contributed by atoms with Crippen LogP contribution in [0.15, 0.2) is 36.8 Å². The number of urea groups is 1. The quantitative estimate of drug-likeness (QED) is 0.709. The largest absolute Gasteiger partial charge is 0.366 e. The Bertz CT molecular complexity index is 907. The van der Waals surface area contributed by atoms with Crippen LogP contribution in [0.25, 0.3) is 5.82 Å². The van der Waals surface area contributed by atoms with Gasteiger partial charge in [-0.3, -0.25) is 5.10 Å². The molecule has 0 aliphatic carbocycles. The number of H-pyrrole nitrogens is 1. The van der Waals surface area contributed by atoms with Gasteiger partial charge in [-0.05, 0) is 30.7 Å². The second-order valence-electron chi connectivity index (χ2n) is 6.22. The summed E-state index contributed by atoms with van der Waals surface area (Å²) in [6.07, 6.45) is 4.90. The van der Waals surface area contributed by atoms with E-state index in [0.29, 0.717) is 37.9 Å². The first kappa shape index (κ1) is 17.2. The van der Waals surface area contributed by atoms with Crippen molar-refractivity contribution in [2.24, 2.45) is 0 Å². The molecular weight excluding hydrogens is 348 g/mol. The maximum absolute atomic E-state index is 12.5. The molecule has 4 rings (SSSR count). The van der Waals surface area contributed by atoms with E-state index >= 15 is 0 Å². The van der Waals surface area contributed by atoms with Gasteiger partial charge in [-0.1, -0.05) is 0 Å². The number of carbonyl (C=O) groups is 1. The second kappa shape index (κ2) is 7.54. The van der Waals surface area contributed by atoms with Crippen molar-refractivity contribution in [3.8, 4) is 5.82 Å². The van der Waals surface area contributed by atoms with Gasteiger partial charge in [0.2, 0.25) is 0 Å². The lowest BCUT2D eigenvalue weighted by Crippen LogP contribution is -2.47. The molecule has 1 aliphatic rings. The summed E-state index contributed by atoms with van der Waals surface area (Å²) in [5.74, 6) is 2.00. The number of aryl methyl sites for hydroxylation is 1. The van der Waals surface area contributed by atoms with E-state index in [2.05, 4.69) is 30.6 Å². The third-order valence-corrected chi connectivity index (χ3v) is 4.25.